The number of rotatable bonds is 5. The van der Waals surface area contributed by atoms with Crippen LogP contribution in [-0.2, 0) is 4.79 Å². The minimum Gasteiger partial charge on any atom is -0.385 e. The summed E-state index contributed by atoms with van der Waals surface area (Å²) in [7, 11) is 0. The van der Waals surface area contributed by atoms with E-state index in [1.807, 2.05) is 0 Å². The fourth-order valence-corrected chi connectivity index (χ4v) is 1.60. The van der Waals surface area contributed by atoms with Gasteiger partial charge in [0.05, 0.1) is 0 Å². The van der Waals surface area contributed by atoms with Gasteiger partial charge in [-0.3, -0.25) is 4.79 Å². The molecular formula is C13H17FN2O. The van der Waals surface area contributed by atoms with Crippen molar-refractivity contribution in [2.75, 3.05) is 11.9 Å². The van der Waals surface area contributed by atoms with Crippen LogP contribution in [0.3, 0.4) is 0 Å². The van der Waals surface area contributed by atoms with Gasteiger partial charge in [0.2, 0.25) is 5.91 Å². The molecule has 2 rings (SSSR count). The third kappa shape index (κ3) is 3.73. The van der Waals surface area contributed by atoms with Gasteiger partial charge < -0.3 is 10.6 Å². The third-order valence-corrected chi connectivity index (χ3v) is 2.78. The standard InChI is InChI=1S/C13H17FN2O/c1-9-8-11(4-5-12(9)14)15-7-6-13(17)16-10-2-3-10/h4-5,8,10,15H,2-3,6-7H2,1H3,(H,16,17). The summed E-state index contributed by atoms with van der Waals surface area (Å²) in [6.45, 7) is 2.30. The number of hydrogen-bond donors (Lipinski definition) is 2. The minimum absolute atomic E-state index is 0.0823. The second-order valence-corrected chi connectivity index (χ2v) is 4.48. The predicted molar refractivity (Wildman–Crippen MR) is 65.4 cm³/mol. The van der Waals surface area contributed by atoms with Crippen molar-refractivity contribution in [3.05, 3.63) is 29.6 Å². The highest BCUT2D eigenvalue weighted by molar-refractivity contribution is 5.77. The zero-order valence-corrected chi connectivity index (χ0v) is 9.92. The summed E-state index contributed by atoms with van der Waals surface area (Å²) in [4.78, 5) is 11.4. The highest BCUT2D eigenvalue weighted by Gasteiger charge is 2.22. The lowest BCUT2D eigenvalue weighted by molar-refractivity contribution is -0.120. The summed E-state index contributed by atoms with van der Waals surface area (Å²) in [5.41, 5.74) is 1.46. The molecule has 1 aromatic rings. The van der Waals surface area contributed by atoms with Crippen molar-refractivity contribution in [3.63, 3.8) is 0 Å². The van der Waals surface area contributed by atoms with Crippen molar-refractivity contribution in [1.82, 2.24) is 5.32 Å². The van der Waals surface area contributed by atoms with E-state index in [-0.39, 0.29) is 11.7 Å². The normalized spacial score (nSPS) is 14.5. The molecule has 1 saturated carbocycles. The molecule has 4 heteroatoms. The Morgan fingerprint density at radius 1 is 1.47 bits per heavy atom. The van der Waals surface area contributed by atoms with Crippen LogP contribution in [0.1, 0.15) is 24.8 Å². The summed E-state index contributed by atoms with van der Waals surface area (Å²) in [5, 5.41) is 6.03. The Hall–Kier alpha value is -1.58. The number of nitrogens with one attached hydrogen (secondary N) is 2. The lowest BCUT2D eigenvalue weighted by atomic mass is 10.2. The second-order valence-electron chi connectivity index (χ2n) is 4.48. The number of amides is 1. The topological polar surface area (TPSA) is 41.1 Å². The van der Waals surface area contributed by atoms with E-state index < -0.39 is 0 Å². The Morgan fingerprint density at radius 2 is 2.24 bits per heavy atom. The monoisotopic (exact) mass is 236 g/mol. The number of carbonyl (C=O) groups excluding carboxylic acids is 1. The van der Waals surface area contributed by atoms with Gasteiger partial charge >= 0.3 is 0 Å². The fraction of sp³-hybridized carbons (Fsp3) is 0.462. The highest BCUT2D eigenvalue weighted by Crippen LogP contribution is 2.18. The zero-order valence-electron chi connectivity index (χ0n) is 9.92. The van der Waals surface area contributed by atoms with Crippen LogP contribution >= 0.6 is 0 Å². The van der Waals surface area contributed by atoms with Crippen LogP contribution in [0.15, 0.2) is 18.2 Å². The summed E-state index contributed by atoms with van der Waals surface area (Å²) < 4.78 is 13.0. The van der Waals surface area contributed by atoms with Gasteiger partial charge in [0.15, 0.2) is 0 Å². The summed E-state index contributed by atoms with van der Waals surface area (Å²) in [6, 6.07) is 5.27. The van der Waals surface area contributed by atoms with Gasteiger partial charge in [0, 0.05) is 24.7 Å². The van der Waals surface area contributed by atoms with E-state index in [2.05, 4.69) is 10.6 Å². The lowest BCUT2D eigenvalue weighted by Crippen LogP contribution is -2.27. The molecule has 0 atom stereocenters. The molecule has 0 heterocycles. The molecule has 1 aromatic carbocycles. The Bertz CT molecular complexity index is 416. The summed E-state index contributed by atoms with van der Waals surface area (Å²) >= 11 is 0. The Balaban J connectivity index is 1.73. The van der Waals surface area contributed by atoms with Crippen molar-refractivity contribution in [1.29, 1.82) is 0 Å². The number of benzene rings is 1. The van der Waals surface area contributed by atoms with E-state index in [4.69, 9.17) is 0 Å². The van der Waals surface area contributed by atoms with E-state index in [1.54, 1.807) is 19.1 Å². The average molecular weight is 236 g/mol. The molecule has 0 radical (unpaired) electrons. The molecule has 3 nitrogen and oxygen atoms in total. The molecule has 1 fully saturated rings. The van der Waals surface area contributed by atoms with Crippen LogP contribution in [0.4, 0.5) is 10.1 Å². The molecule has 1 aliphatic carbocycles. The molecule has 0 spiro atoms. The maximum absolute atomic E-state index is 13.0. The molecular weight excluding hydrogens is 219 g/mol. The predicted octanol–water partition coefficient (Wildman–Crippen LogP) is 2.21. The number of halogens is 1. The molecule has 0 aliphatic heterocycles. The Kier molecular flexibility index (Phi) is 3.61. The van der Waals surface area contributed by atoms with Crippen molar-refractivity contribution in [3.8, 4) is 0 Å². The Morgan fingerprint density at radius 3 is 2.88 bits per heavy atom. The molecule has 17 heavy (non-hydrogen) atoms. The van der Waals surface area contributed by atoms with Crippen LogP contribution in [-0.4, -0.2) is 18.5 Å². The lowest BCUT2D eigenvalue weighted by Gasteiger charge is -2.07. The maximum Gasteiger partial charge on any atom is 0.221 e. The first kappa shape index (κ1) is 11.9. The largest absolute Gasteiger partial charge is 0.385 e. The second kappa shape index (κ2) is 5.17. The molecule has 1 amide bonds. The van der Waals surface area contributed by atoms with Gasteiger partial charge in [-0.1, -0.05) is 0 Å². The maximum atomic E-state index is 13.0. The van der Waals surface area contributed by atoms with E-state index in [0.29, 0.717) is 24.6 Å². The number of anilines is 1. The highest BCUT2D eigenvalue weighted by atomic mass is 19.1. The average Bonchev–Trinajstić information content (AvgIpc) is 3.07. The van der Waals surface area contributed by atoms with Crippen LogP contribution in [0.25, 0.3) is 0 Å². The zero-order chi connectivity index (χ0) is 12.3. The van der Waals surface area contributed by atoms with Gasteiger partial charge in [-0.05, 0) is 43.5 Å². The van der Waals surface area contributed by atoms with Crippen LogP contribution in [0, 0.1) is 12.7 Å². The number of carbonyl (C=O) groups is 1. The summed E-state index contributed by atoms with van der Waals surface area (Å²) in [6.07, 6.45) is 2.67. The number of aryl methyl sites for hydroxylation is 1. The molecule has 1 aliphatic rings. The van der Waals surface area contributed by atoms with Gasteiger partial charge in [-0.25, -0.2) is 4.39 Å². The first-order chi connectivity index (χ1) is 8.15. The molecule has 0 aromatic heterocycles. The van der Waals surface area contributed by atoms with E-state index >= 15 is 0 Å². The van der Waals surface area contributed by atoms with Crippen molar-refractivity contribution in [2.45, 2.75) is 32.2 Å². The molecule has 0 saturated heterocycles. The van der Waals surface area contributed by atoms with E-state index in [0.717, 1.165) is 18.5 Å². The van der Waals surface area contributed by atoms with Crippen molar-refractivity contribution < 1.29 is 9.18 Å². The molecule has 92 valence electrons. The van der Waals surface area contributed by atoms with Crippen LogP contribution in [0.2, 0.25) is 0 Å². The minimum atomic E-state index is -0.206. The smallest absolute Gasteiger partial charge is 0.221 e. The van der Waals surface area contributed by atoms with Crippen LogP contribution in [0.5, 0.6) is 0 Å². The SMILES string of the molecule is Cc1cc(NCCC(=O)NC2CC2)ccc1F. The molecule has 2 N–H and O–H groups in total. The molecule has 0 bridgehead atoms. The summed E-state index contributed by atoms with van der Waals surface area (Å²) in [5.74, 6) is -0.124. The molecule has 0 unspecified atom stereocenters. The van der Waals surface area contributed by atoms with Gasteiger partial charge in [-0.15, -0.1) is 0 Å². The van der Waals surface area contributed by atoms with E-state index in [1.165, 1.54) is 6.07 Å². The quantitative estimate of drug-likeness (QED) is 0.823. The van der Waals surface area contributed by atoms with Crippen LogP contribution < -0.4 is 10.6 Å². The Labute approximate surface area is 100 Å². The third-order valence-electron chi connectivity index (χ3n) is 2.78. The fourth-order valence-electron chi connectivity index (χ4n) is 1.60. The first-order valence-electron chi connectivity index (χ1n) is 5.94. The first-order valence-corrected chi connectivity index (χ1v) is 5.94. The van der Waals surface area contributed by atoms with E-state index in [9.17, 15) is 9.18 Å². The van der Waals surface area contributed by atoms with Gasteiger partial charge in [-0.2, -0.15) is 0 Å². The van der Waals surface area contributed by atoms with Crippen molar-refractivity contribution in [2.24, 2.45) is 0 Å². The van der Waals surface area contributed by atoms with Gasteiger partial charge in [0.1, 0.15) is 5.82 Å². The van der Waals surface area contributed by atoms with Gasteiger partial charge in [0.25, 0.3) is 0 Å². The van der Waals surface area contributed by atoms with Crippen molar-refractivity contribution >= 4 is 11.6 Å². The number of hydrogen-bond acceptors (Lipinski definition) is 2.